The largest absolute Gasteiger partial charge is 0.467 e. The van der Waals surface area contributed by atoms with E-state index in [1.807, 2.05) is 30.1 Å². The number of carbonyl (C=O) groups is 1. The number of benzene rings is 1. The van der Waals surface area contributed by atoms with Crippen molar-refractivity contribution in [2.75, 3.05) is 17.7 Å². The number of nitrogens with two attached hydrogens (primary N) is 1. The van der Waals surface area contributed by atoms with Gasteiger partial charge in [0, 0.05) is 24.0 Å². The van der Waals surface area contributed by atoms with Crippen LogP contribution in [0.5, 0.6) is 0 Å². The van der Waals surface area contributed by atoms with Gasteiger partial charge in [0.25, 0.3) is 0 Å². The molecule has 2 rings (SSSR count). The summed E-state index contributed by atoms with van der Waals surface area (Å²) in [5.41, 5.74) is 7.77. The summed E-state index contributed by atoms with van der Waals surface area (Å²) in [4.78, 5) is 13.4. The molecule has 1 aromatic heterocycles. The summed E-state index contributed by atoms with van der Waals surface area (Å²) >= 11 is 0. The predicted octanol–water partition coefficient (Wildman–Crippen LogP) is 2.70. The van der Waals surface area contributed by atoms with Gasteiger partial charge < -0.3 is 15.1 Å². The van der Waals surface area contributed by atoms with Gasteiger partial charge in [-0.05, 0) is 37.3 Å². The maximum Gasteiger partial charge on any atom is 0.161 e. The molecule has 0 fully saturated rings. The van der Waals surface area contributed by atoms with Crippen molar-refractivity contribution in [1.29, 1.82) is 0 Å². The highest BCUT2D eigenvalue weighted by Crippen LogP contribution is 2.22. The normalized spacial score (nSPS) is 10.3. The number of carbonyl (C=O) groups excluding carboxylic acids is 1. The van der Waals surface area contributed by atoms with Crippen molar-refractivity contribution in [3.05, 3.63) is 47.9 Å². The molecule has 0 atom stereocenters. The first-order valence-corrected chi connectivity index (χ1v) is 5.72. The molecule has 18 heavy (non-hydrogen) atoms. The van der Waals surface area contributed by atoms with E-state index in [9.17, 15) is 4.79 Å². The van der Waals surface area contributed by atoms with E-state index in [-0.39, 0.29) is 5.78 Å². The second kappa shape index (κ2) is 4.96. The molecule has 4 nitrogen and oxygen atoms in total. The van der Waals surface area contributed by atoms with Crippen LogP contribution in [-0.4, -0.2) is 12.8 Å². The summed E-state index contributed by atoms with van der Waals surface area (Å²) < 4.78 is 5.29. The van der Waals surface area contributed by atoms with Crippen molar-refractivity contribution in [2.24, 2.45) is 0 Å². The quantitative estimate of drug-likeness (QED) is 0.663. The molecule has 0 aliphatic heterocycles. The number of Topliss-reactive ketones (excluding diaryl/α,β-unsaturated/α-hetero) is 1. The van der Waals surface area contributed by atoms with Gasteiger partial charge in [-0.15, -0.1) is 0 Å². The van der Waals surface area contributed by atoms with Gasteiger partial charge in [0.1, 0.15) is 5.76 Å². The lowest BCUT2D eigenvalue weighted by molar-refractivity contribution is 0.101. The van der Waals surface area contributed by atoms with E-state index < -0.39 is 0 Å². The van der Waals surface area contributed by atoms with Crippen LogP contribution in [0.4, 0.5) is 11.4 Å². The minimum Gasteiger partial charge on any atom is -0.467 e. The van der Waals surface area contributed by atoms with Crippen LogP contribution in [0, 0.1) is 0 Å². The van der Waals surface area contributed by atoms with Gasteiger partial charge in [0.05, 0.1) is 12.8 Å². The van der Waals surface area contributed by atoms with Crippen molar-refractivity contribution in [1.82, 2.24) is 0 Å². The Labute approximate surface area is 106 Å². The third-order valence-electron chi connectivity index (χ3n) is 2.83. The van der Waals surface area contributed by atoms with Gasteiger partial charge >= 0.3 is 0 Å². The van der Waals surface area contributed by atoms with Crippen LogP contribution in [0.1, 0.15) is 23.0 Å². The average Bonchev–Trinajstić information content (AvgIpc) is 2.81. The fourth-order valence-corrected chi connectivity index (χ4v) is 1.81. The monoisotopic (exact) mass is 244 g/mol. The summed E-state index contributed by atoms with van der Waals surface area (Å²) in [6.07, 6.45) is 1.65. The molecule has 2 N–H and O–H groups in total. The minimum absolute atomic E-state index is 0.0271. The Balaban J connectivity index is 2.22. The molecule has 94 valence electrons. The lowest BCUT2D eigenvalue weighted by atomic mass is 10.1. The van der Waals surface area contributed by atoms with Crippen LogP contribution in [0.3, 0.4) is 0 Å². The molecule has 0 radical (unpaired) electrons. The van der Waals surface area contributed by atoms with Gasteiger partial charge in [0.15, 0.2) is 5.78 Å². The SMILES string of the molecule is CC(=O)c1cc(N(C)Cc2ccco2)ccc1N. The molecule has 0 aliphatic carbocycles. The van der Waals surface area contributed by atoms with Gasteiger partial charge in [-0.2, -0.15) is 0 Å². The number of nitrogens with zero attached hydrogens (tertiary/aromatic N) is 1. The fourth-order valence-electron chi connectivity index (χ4n) is 1.81. The highest BCUT2D eigenvalue weighted by Gasteiger charge is 2.09. The molecule has 0 saturated carbocycles. The van der Waals surface area contributed by atoms with Gasteiger partial charge in [-0.25, -0.2) is 0 Å². The van der Waals surface area contributed by atoms with Crippen molar-refractivity contribution in [3.8, 4) is 0 Å². The van der Waals surface area contributed by atoms with E-state index in [4.69, 9.17) is 10.2 Å². The van der Waals surface area contributed by atoms with Gasteiger partial charge in [0.2, 0.25) is 0 Å². The van der Waals surface area contributed by atoms with E-state index >= 15 is 0 Å². The van der Waals surface area contributed by atoms with E-state index in [2.05, 4.69) is 0 Å². The van der Waals surface area contributed by atoms with Crippen LogP contribution in [0.2, 0.25) is 0 Å². The summed E-state index contributed by atoms with van der Waals surface area (Å²) in [5, 5.41) is 0. The van der Waals surface area contributed by atoms with E-state index in [1.165, 1.54) is 6.92 Å². The molecule has 0 amide bonds. The fraction of sp³-hybridized carbons (Fsp3) is 0.214. The number of anilines is 2. The molecule has 0 saturated heterocycles. The first-order valence-electron chi connectivity index (χ1n) is 5.72. The van der Waals surface area contributed by atoms with Crippen molar-refractivity contribution < 1.29 is 9.21 Å². The minimum atomic E-state index is -0.0271. The lowest BCUT2D eigenvalue weighted by Gasteiger charge is -2.19. The standard InChI is InChI=1S/C14H16N2O2/c1-10(17)13-8-11(5-6-14(13)15)16(2)9-12-4-3-7-18-12/h3-8H,9,15H2,1-2H3. The number of ketones is 1. The van der Waals surface area contributed by atoms with Crippen molar-refractivity contribution in [3.63, 3.8) is 0 Å². The van der Waals surface area contributed by atoms with Crippen LogP contribution in [0.15, 0.2) is 41.0 Å². The summed E-state index contributed by atoms with van der Waals surface area (Å²) in [5.74, 6) is 0.847. The number of hydrogen-bond acceptors (Lipinski definition) is 4. The Bertz CT molecular complexity index is 547. The Hall–Kier alpha value is -2.23. The maximum atomic E-state index is 11.4. The molecular weight excluding hydrogens is 228 g/mol. The number of rotatable bonds is 4. The zero-order valence-electron chi connectivity index (χ0n) is 10.5. The van der Waals surface area contributed by atoms with Crippen LogP contribution in [0.25, 0.3) is 0 Å². The predicted molar refractivity (Wildman–Crippen MR) is 71.7 cm³/mol. The topological polar surface area (TPSA) is 59.5 Å². The summed E-state index contributed by atoms with van der Waals surface area (Å²) in [6, 6.07) is 9.23. The van der Waals surface area contributed by atoms with Gasteiger partial charge in [-0.1, -0.05) is 0 Å². The molecule has 0 unspecified atom stereocenters. The van der Waals surface area contributed by atoms with E-state index in [0.717, 1.165) is 11.4 Å². The molecular formula is C14H16N2O2. The second-order valence-corrected chi connectivity index (χ2v) is 4.26. The average molecular weight is 244 g/mol. The van der Waals surface area contributed by atoms with E-state index in [0.29, 0.717) is 17.8 Å². The number of hydrogen-bond donors (Lipinski definition) is 1. The number of furan rings is 1. The van der Waals surface area contributed by atoms with Crippen LogP contribution < -0.4 is 10.6 Å². The molecule has 1 heterocycles. The van der Waals surface area contributed by atoms with Crippen molar-refractivity contribution >= 4 is 17.2 Å². The number of nitrogen functional groups attached to an aromatic ring is 1. The zero-order chi connectivity index (χ0) is 13.1. The summed E-state index contributed by atoms with van der Waals surface area (Å²) in [7, 11) is 1.94. The second-order valence-electron chi connectivity index (χ2n) is 4.26. The first kappa shape index (κ1) is 12.2. The van der Waals surface area contributed by atoms with Crippen LogP contribution >= 0.6 is 0 Å². The van der Waals surface area contributed by atoms with E-state index in [1.54, 1.807) is 18.4 Å². The van der Waals surface area contributed by atoms with Crippen LogP contribution in [-0.2, 0) is 6.54 Å². The highest BCUT2D eigenvalue weighted by atomic mass is 16.3. The third kappa shape index (κ3) is 2.53. The Kier molecular flexibility index (Phi) is 3.37. The molecule has 2 aromatic rings. The smallest absolute Gasteiger partial charge is 0.161 e. The third-order valence-corrected chi connectivity index (χ3v) is 2.83. The highest BCUT2D eigenvalue weighted by molar-refractivity contribution is 6.00. The molecule has 0 bridgehead atoms. The van der Waals surface area contributed by atoms with Gasteiger partial charge in [-0.3, -0.25) is 4.79 Å². The maximum absolute atomic E-state index is 11.4. The van der Waals surface area contributed by atoms with Crippen molar-refractivity contribution in [2.45, 2.75) is 13.5 Å². The Morgan fingerprint density at radius 1 is 1.39 bits per heavy atom. The molecule has 0 spiro atoms. The molecule has 1 aromatic carbocycles. The Morgan fingerprint density at radius 3 is 2.78 bits per heavy atom. The first-order chi connectivity index (χ1) is 8.58. The zero-order valence-corrected chi connectivity index (χ0v) is 10.5. The molecule has 0 aliphatic rings. The lowest BCUT2D eigenvalue weighted by Crippen LogP contribution is -2.16. The Morgan fingerprint density at radius 2 is 2.17 bits per heavy atom. The molecule has 4 heteroatoms. The summed E-state index contributed by atoms with van der Waals surface area (Å²) in [6.45, 7) is 2.16.